The second kappa shape index (κ2) is 7.83. The fourth-order valence-electron chi connectivity index (χ4n) is 2.31. The minimum atomic E-state index is 0.246. The number of hydrogen-bond acceptors (Lipinski definition) is 2. The Bertz CT molecular complexity index is 493. The Morgan fingerprint density at radius 3 is 2.35 bits per heavy atom. The first-order valence-electron chi connectivity index (χ1n) is 7.24. The Labute approximate surface area is 121 Å². The Morgan fingerprint density at radius 1 is 1.00 bits per heavy atom. The van der Waals surface area contributed by atoms with Gasteiger partial charge in [-0.05, 0) is 30.9 Å². The van der Waals surface area contributed by atoms with E-state index in [2.05, 4.69) is 60.8 Å². The van der Waals surface area contributed by atoms with Gasteiger partial charge < -0.3 is 10.4 Å². The first-order valence-corrected chi connectivity index (χ1v) is 7.24. The molecule has 0 aliphatic heterocycles. The highest BCUT2D eigenvalue weighted by Crippen LogP contribution is 2.19. The SMILES string of the molecule is Cc1ccc(CNC(CCCO)c2ccccc2)cc1. The van der Waals surface area contributed by atoms with Gasteiger partial charge >= 0.3 is 0 Å². The number of nitrogens with one attached hydrogen (secondary N) is 1. The van der Waals surface area contributed by atoms with Gasteiger partial charge in [0.15, 0.2) is 0 Å². The van der Waals surface area contributed by atoms with Crippen LogP contribution in [-0.4, -0.2) is 11.7 Å². The Morgan fingerprint density at radius 2 is 1.70 bits per heavy atom. The standard InChI is InChI=1S/C18H23NO/c1-15-9-11-16(12-10-15)14-19-18(8-5-13-20)17-6-3-2-4-7-17/h2-4,6-7,9-12,18-20H,5,8,13-14H2,1H3. The molecule has 0 aliphatic carbocycles. The minimum Gasteiger partial charge on any atom is -0.396 e. The molecule has 2 N–H and O–H groups in total. The van der Waals surface area contributed by atoms with E-state index in [0.717, 1.165) is 19.4 Å². The summed E-state index contributed by atoms with van der Waals surface area (Å²) in [7, 11) is 0. The van der Waals surface area contributed by atoms with Crippen molar-refractivity contribution >= 4 is 0 Å². The third kappa shape index (κ3) is 4.48. The predicted molar refractivity (Wildman–Crippen MR) is 83.5 cm³/mol. The average molecular weight is 269 g/mol. The Hall–Kier alpha value is -1.64. The van der Waals surface area contributed by atoms with Crippen molar-refractivity contribution in [1.82, 2.24) is 5.32 Å². The summed E-state index contributed by atoms with van der Waals surface area (Å²) in [4.78, 5) is 0. The van der Waals surface area contributed by atoms with Crippen molar-refractivity contribution < 1.29 is 5.11 Å². The van der Waals surface area contributed by atoms with E-state index in [9.17, 15) is 0 Å². The monoisotopic (exact) mass is 269 g/mol. The van der Waals surface area contributed by atoms with Crippen molar-refractivity contribution in [2.45, 2.75) is 32.4 Å². The summed E-state index contributed by atoms with van der Waals surface area (Å²) < 4.78 is 0. The van der Waals surface area contributed by atoms with Crippen molar-refractivity contribution in [1.29, 1.82) is 0 Å². The number of hydrogen-bond donors (Lipinski definition) is 2. The van der Waals surface area contributed by atoms with Crippen LogP contribution in [0.3, 0.4) is 0 Å². The smallest absolute Gasteiger partial charge is 0.0431 e. The largest absolute Gasteiger partial charge is 0.396 e. The second-order valence-electron chi connectivity index (χ2n) is 5.20. The van der Waals surface area contributed by atoms with Crippen molar-refractivity contribution in [3.05, 3.63) is 71.3 Å². The average Bonchev–Trinajstić information content (AvgIpc) is 2.50. The Balaban J connectivity index is 1.99. The van der Waals surface area contributed by atoms with Gasteiger partial charge in [-0.2, -0.15) is 0 Å². The molecule has 0 amide bonds. The zero-order valence-electron chi connectivity index (χ0n) is 12.0. The molecule has 2 heteroatoms. The van der Waals surface area contributed by atoms with Gasteiger partial charge in [0.25, 0.3) is 0 Å². The number of aliphatic hydroxyl groups is 1. The highest BCUT2D eigenvalue weighted by Gasteiger charge is 2.10. The quantitative estimate of drug-likeness (QED) is 0.805. The van der Waals surface area contributed by atoms with E-state index in [4.69, 9.17) is 5.11 Å². The molecule has 0 fully saturated rings. The van der Waals surface area contributed by atoms with E-state index >= 15 is 0 Å². The van der Waals surface area contributed by atoms with E-state index in [0.29, 0.717) is 6.04 Å². The van der Waals surface area contributed by atoms with Crippen LogP contribution in [0.5, 0.6) is 0 Å². The van der Waals surface area contributed by atoms with Gasteiger partial charge in [-0.3, -0.25) is 0 Å². The van der Waals surface area contributed by atoms with Crippen LogP contribution in [0.25, 0.3) is 0 Å². The van der Waals surface area contributed by atoms with E-state index in [1.807, 2.05) is 6.07 Å². The van der Waals surface area contributed by atoms with E-state index in [1.54, 1.807) is 0 Å². The van der Waals surface area contributed by atoms with Crippen LogP contribution in [0.1, 0.15) is 35.6 Å². The third-order valence-electron chi connectivity index (χ3n) is 3.53. The molecule has 2 rings (SSSR count). The summed E-state index contributed by atoms with van der Waals surface area (Å²) in [5, 5.41) is 12.6. The molecule has 1 unspecified atom stereocenters. The van der Waals surface area contributed by atoms with Crippen molar-refractivity contribution in [3.63, 3.8) is 0 Å². The fourth-order valence-corrected chi connectivity index (χ4v) is 2.31. The maximum absolute atomic E-state index is 9.05. The Kier molecular flexibility index (Phi) is 5.78. The third-order valence-corrected chi connectivity index (χ3v) is 3.53. The molecular weight excluding hydrogens is 246 g/mol. The van der Waals surface area contributed by atoms with E-state index in [-0.39, 0.29) is 6.61 Å². The van der Waals surface area contributed by atoms with Crippen LogP contribution in [0.2, 0.25) is 0 Å². The highest BCUT2D eigenvalue weighted by atomic mass is 16.2. The molecule has 0 aromatic heterocycles. The van der Waals surface area contributed by atoms with Gasteiger partial charge in [0.05, 0.1) is 0 Å². The fraction of sp³-hybridized carbons (Fsp3) is 0.333. The summed E-state index contributed by atoms with van der Waals surface area (Å²) >= 11 is 0. The zero-order chi connectivity index (χ0) is 14.2. The number of aliphatic hydroxyl groups excluding tert-OH is 1. The minimum absolute atomic E-state index is 0.246. The number of rotatable bonds is 7. The first-order chi connectivity index (χ1) is 9.79. The maximum Gasteiger partial charge on any atom is 0.0431 e. The van der Waals surface area contributed by atoms with Gasteiger partial charge in [-0.15, -0.1) is 0 Å². The molecule has 20 heavy (non-hydrogen) atoms. The summed E-state index contributed by atoms with van der Waals surface area (Å²) in [6.45, 7) is 3.20. The normalized spacial score (nSPS) is 12.3. The maximum atomic E-state index is 9.05. The van der Waals surface area contributed by atoms with E-state index < -0.39 is 0 Å². The number of benzene rings is 2. The van der Waals surface area contributed by atoms with Gasteiger partial charge in [0.2, 0.25) is 0 Å². The molecule has 0 heterocycles. The molecule has 0 saturated heterocycles. The molecule has 2 aromatic rings. The molecule has 106 valence electrons. The molecule has 0 spiro atoms. The highest BCUT2D eigenvalue weighted by molar-refractivity contribution is 5.22. The lowest BCUT2D eigenvalue weighted by Gasteiger charge is -2.19. The topological polar surface area (TPSA) is 32.3 Å². The molecule has 1 atom stereocenters. The zero-order valence-corrected chi connectivity index (χ0v) is 12.0. The van der Waals surface area contributed by atoms with Crippen LogP contribution >= 0.6 is 0 Å². The molecule has 0 bridgehead atoms. The second-order valence-corrected chi connectivity index (χ2v) is 5.20. The lowest BCUT2D eigenvalue weighted by Crippen LogP contribution is -2.21. The van der Waals surface area contributed by atoms with Gasteiger partial charge in [0, 0.05) is 19.2 Å². The van der Waals surface area contributed by atoms with Crippen LogP contribution in [0.4, 0.5) is 0 Å². The van der Waals surface area contributed by atoms with Crippen LogP contribution < -0.4 is 5.32 Å². The lowest BCUT2D eigenvalue weighted by molar-refractivity contribution is 0.275. The predicted octanol–water partition coefficient (Wildman–Crippen LogP) is 3.60. The van der Waals surface area contributed by atoms with Crippen LogP contribution in [0, 0.1) is 6.92 Å². The molecule has 0 saturated carbocycles. The molecule has 2 nitrogen and oxygen atoms in total. The summed E-state index contributed by atoms with van der Waals surface area (Å²) in [5.74, 6) is 0. The van der Waals surface area contributed by atoms with Gasteiger partial charge in [-0.25, -0.2) is 0 Å². The summed E-state index contributed by atoms with van der Waals surface area (Å²) in [5.41, 5.74) is 3.86. The molecule has 0 aliphatic rings. The molecule has 0 radical (unpaired) electrons. The molecule has 2 aromatic carbocycles. The number of aryl methyl sites for hydroxylation is 1. The van der Waals surface area contributed by atoms with Gasteiger partial charge in [-0.1, -0.05) is 60.2 Å². The van der Waals surface area contributed by atoms with Crippen molar-refractivity contribution in [2.75, 3.05) is 6.61 Å². The first kappa shape index (κ1) is 14.8. The van der Waals surface area contributed by atoms with Crippen LogP contribution in [0.15, 0.2) is 54.6 Å². The molecular formula is C18H23NO. The van der Waals surface area contributed by atoms with Crippen molar-refractivity contribution in [3.8, 4) is 0 Å². The summed E-state index contributed by atoms with van der Waals surface area (Å²) in [6, 6.07) is 19.4. The summed E-state index contributed by atoms with van der Waals surface area (Å²) in [6.07, 6.45) is 1.77. The lowest BCUT2D eigenvalue weighted by atomic mass is 10.0. The van der Waals surface area contributed by atoms with Crippen LogP contribution in [-0.2, 0) is 6.54 Å². The van der Waals surface area contributed by atoms with E-state index in [1.165, 1.54) is 16.7 Å². The van der Waals surface area contributed by atoms with Gasteiger partial charge in [0.1, 0.15) is 0 Å². The van der Waals surface area contributed by atoms with Crippen molar-refractivity contribution in [2.24, 2.45) is 0 Å².